The molecule has 144 valence electrons. The Labute approximate surface area is 149 Å². The van der Waals surface area contributed by atoms with E-state index < -0.39 is 24.1 Å². The van der Waals surface area contributed by atoms with E-state index in [9.17, 15) is 14.0 Å². The maximum Gasteiger partial charge on any atom is 0.322 e. The van der Waals surface area contributed by atoms with Gasteiger partial charge in [-0.3, -0.25) is 9.59 Å². The highest BCUT2D eigenvalue weighted by atomic mass is 19.1. The molecule has 0 aromatic carbocycles. The number of piperidine rings is 1. The molecule has 25 heavy (non-hydrogen) atoms. The van der Waals surface area contributed by atoms with Gasteiger partial charge in [-0.25, -0.2) is 4.39 Å². The summed E-state index contributed by atoms with van der Waals surface area (Å²) in [7, 11) is 0. The van der Waals surface area contributed by atoms with Gasteiger partial charge in [-0.2, -0.15) is 0 Å². The number of hydrogen-bond acceptors (Lipinski definition) is 4. The monoisotopic (exact) mass is 357 g/mol. The lowest BCUT2D eigenvalue weighted by atomic mass is 9.65. The zero-order chi connectivity index (χ0) is 18.6. The topological polar surface area (TPSA) is 104 Å². The molecule has 6 nitrogen and oxygen atoms in total. The van der Waals surface area contributed by atoms with Gasteiger partial charge < -0.3 is 21.5 Å². The van der Waals surface area contributed by atoms with Crippen LogP contribution in [0.1, 0.15) is 46.0 Å². The molecule has 0 radical (unpaired) electrons. The van der Waals surface area contributed by atoms with Crippen LogP contribution in [0.4, 0.5) is 4.39 Å². The summed E-state index contributed by atoms with van der Waals surface area (Å²) in [5.74, 6) is -0.743. The predicted molar refractivity (Wildman–Crippen MR) is 93.7 cm³/mol. The van der Waals surface area contributed by atoms with Gasteiger partial charge in [-0.05, 0) is 56.4 Å². The van der Waals surface area contributed by atoms with Crippen LogP contribution >= 0.6 is 0 Å². The van der Waals surface area contributed by atoms with Crippen LogP contribution in [0.25, 0.3) is 0 Å². The lowest BCUT2D eigenvalue weighted by molar-refractivity contribution is -0.138. The van der Waals surface area contributed by atoms with Crippen molar-refractivity contribution in [2.24, 2.45) is 29.4 Å². The highest BCUT2D eigenvalue weighted by molar-refractivity contribution is 5.80. The van der Waals surface area contributed by atoms with Gasteiger partial charge in [0.05, 0.1) is 0 Å². The standard InChI is InChI=1S/C18H32FN3O3/c1-3-15-16(10(2)4-5-21-15)11-6-12(8-13(19)7-11)17(23)22-9-14(20)18(24)25/h10-16,21H,3-9,20H2,1-2H3,(H,22,23)(H,24,25)/t10?,11?,12?,13?,14-,15?,16?/m1/s1. The third kappa shape index (κ3) is 5.14. The maximum absolute atomic E-state index is 14.4. The molecule has 5 N–H and O–H groups in total. The number of carbonyl (C=O) groups excluding carboxylic acids is 1. The first-order chi connectivity index (χ1) is 11.8. The second-order valence-electron chi connectivity index (χ2n) is 7.76. The number of carbonyl (C=O) groups is 2. The molecule has 0 aromatic heterocycles. The summed E-state index contributed by atoms with van der Waals surface area (Å²) in [5.41, 5.74) is 5.42. The zero-order valence-corrected chi connectivity index (χ0v) is 15.2. The average Bonchev–Trinajstić information content (AvgIpc) is 2.58. The molecule has 7 atom stereocenters. The molecule has 2 fully saturated rings. The first-order valence-corrected chi connectivity index (χ1v) is 9.47. The van der Waals surface area contributed by atoms with Crippen molar-refractivity contribution in [2.75, 3.05) is 13.1 Å². The van der Waals surface area contributed by atoms with Crippen molar-refractivity contribution in [3.63, 3.8) is 0 Å². The molecule has 7 heteroatoms. The number of alkyl halides is 1. The fraction of sp³-hybridized carbons (Fsp3) is 0.889. The number of carboxylic acids is 1. The highest BCUT2D eigenvalue weighted by Gasteiger charge is 2.42. The Morgan fingerprint density at radius 3 is 2.72 bits per heavy atom. The molecule has 0 bridgehead atoms. The van der Waals surface area contributed by atoms with Gasteiger partial charge in [0.2, 0.25) is 5.91 Å². The van der Waals surface area contributed by atoms with Crippen molar-refractivity contribution < 1.29 is 19.1 Å². The third-order valence-electron chi connectivity index (χ3n) is 5.98. The van der Waals surface area contributed by atoms with Crippen molar-refractivity contribution in [3.8, 4) is 0 Å². The molecule has 0 spiro atoms. The van der Waals surface area contributed by atoms with E-state index in [1.165, 1.54) is 0 Å². The number of amides is 1. The molecule has 1 heterocycles. The second kappa shape index (κ2) is 8.94. The normalized spacial score (nSPS) is 37.3. The number of nitrogens with two attached hydrogens (primary N) is 1. The quantitative estimate of drug-likeness (QED) is 0.573. The van der Waals surface area contributed by atoms with Crippen molar-refractivity contribution >= 4 is 11.9 Å². The predicted octanol–water partition coefficient (Wildman–Crippen LogP) is 1.29. The smallest absolute Gasteiger partial charge is 0.322 e. The molecular weight excluding hydrogens is 325 g/mol. The van der Waals surface area contributed by atoms with Crippen molar-refractivity contribution in [1.82, 2.24) is 10.6 Å². The molecule has 0 aromatic rings. The Kier molecular flexibility index (Phi) is 7.19. The molecule has 1 saturated heterocycles. The van der Waals surface area contributed by atoms with Crippen LogP contribution in [0.2, 0.25) is 0 Å². The molecule has 1 saturated carbocycles. The summed E-state index contributed by atoms with van der Waals surface area (Å²) in [5, 5.41) is 14.9. The number of rotatable bonds is 6. The minimum absolute atomic E-state index is 0.120. The van der Waals surface area contributed by atoms with Crippen LogP contribution in [0, 0.1) is 23.7 Å². The van der Waals surface area contributed by atoms with E-state index in [-0.39, 0.29) is 24.8 Å². The summed E-state index contributed by atoms with van der Waals surface area (Å²) in [6.07, 6.45) is 2.52. The van der Waals surface area contributed by atoms with Gasteiger partial charge in [-0.15, -0.1) is 0 Å². The molecule has 1 aliphatic carbocycles. The fourth-order valence-electron chi connectivity index (χ4n) is 4.69. The first-order valence-electron chi connectivity index (χ1n) is 9.47. The molecule has 1 amide bonds. The largest absolute Gasteiger partial charge is 0.480 e. The highest BCUT2D eigenvalue weighted by Crippen LogP contribution is 2.42. The Morgan fingerprint density at radius 2 is 2.08 bits per heavy atom. The van der Waals surface area contributed by atoms with E-state index in [1.54, 1.807) is 0 Å². The van der Waals surface area contributed by atoms with Crippen molar-refractivity contribution in [3.05, 3.63) is 0 Å². The summed E-state index contributed by atoms with van der Waals surface area (Å²) < 4.78 is 14.4. The second-order valence-corrected chi connectivity index (χ2v) is 7.76. The van der Waals surface area contributed by atoms with Crippen LogP contribution < -0.4 is 16.4 Å². The molecular formula is C18H32FN3O3. The summed E-state index contributed by atoms with van der Waals surface area (Å²) in [4.78, 5) is 23.2. The lowest BCUT2D eigenvalue weighted by Crippen LogP contribution is -2.51. The Hall–Kier alpha value is -1.21. The van der Waals surface area contributed by atoms with E-state index in [4.69, 9.17) is 10.8 Å². The van der Waals surface area contributed by atoms with E-state index >= 15 is 0 Å². The number of carboxylic acid groups (broad SMARTS) is 1. The van der Waals surface area contributed by atoms with Gasteiger partial charge >= 0.3 is 5.97 Å². The van der Waals surface area contributed by atoms with E-state index in [1.807, 2.05) is 0 Å². The minimum Gasteiger partial charge on any atom is -0.480 e. The molecule has 1 aliphatic heterocycles. The average molecular weight is 357 g/mol. The molecule has 6 unspecified atom stereocenters. The summed E-state index contributed by atoms with van der Waals surface area (Å²) in [6, 6.07) is -0.750. The van der Waals surface area contributed by atoms with E-state index in [2.05, 4.69) is 24.5 Å². The zero-order valence-electron chi connectivity index (χ0n) is 15.2. The van der Waals surface area contributed by atoms with E-state index in [0.717, 1.165) is 19.4 Å². The summed E-state index contributed by atoms with van der Waals surface area (Å²) in [6.45, 7) is 5.26. The van der Waals surface area contributed by atoms with Gasteiger partial charge in [0.15, 0.2) is 0 Å². The van der Waals surface area contributed by atoms with Gasteiger partial charge in [0.25, 0.3) is 0 Å². The Bertz CT molecular complexity index is 476. The number of hydrogen-bond donors (Lipinski definition) is 4. The van der Waals surface area contributed by atoms with Crippen LogP contribution in [0.5, 0.6) is 0 Å². The van der Waals surface area contributed by atoms with E-state index in [0.29, 0.717) is 30.7 Å². The summed E-state index contributed by atoms with van der Waals surface area (Å²) >= 11 is 0. The van der Waals surface area contributed by atoms with Gasteiger partial charge in [-0.1, -0.05) is 13.8 Å². The maximum atomic E-state index is 14.4. The number of halogens is 1. The van der Waals surface area contributed by atoms with Crippen LogP contribution in [-0.4, -0.2) is 48.3 Å². The SMILES string of the molecule is CCC1NCCC(C)C1C1CC(F)CC(C(=O)NC[C@@H](N)C(=O)O)C1. The van der Waals surface area contributed by atoms with Gasteiger partial charge in [0, 0.05) is 18.5 Å². The minimum atomic E-state index is -1.15. The molecule has 2 aliphatic rings. The van der Waals surface area contributed by atoms with Gasteiger partial charge in [0.1, 0.15) is 12.2 Å². The Morgan fingerprint density at radius 1 is 1.36 bits per heavy atom. The number of aliphatic carboxylic acids is 1. The van der Waals surface area contributed by atoms with Crippen molar-refractivity contribution in [1.29, 1.82) is 0 Å². The van der Waals surface area contributed by atoms with Crippen LogP contribution in [0.3, 0.4) is 0 Å². The fourth-order valence-corrected chi connectivity index (χ4v) is 4.69. The van der Waals surface area contributed by atoms with Crippen LogP contribution in [-0.2, 0) is 9.59 Å². The lowest BCUT2D eigenvalue weighted by Gasteiger charge is -2.45. The first kappa shape index (κ1) is 20.1. The van der Waals surface area contributed by atoms with Crippen molar-refractivity contribution in [2.45, 2.75) is 64.2 Å². The third-order valence-corrected chi connectivity index (χ3v) is 5.98. The van der Waals surface area contributed by atoms with Crippen LogP contribution in [0.15, 0.2) is 0 Å². The Balaban J connectivity index is 2.00. The molecule has 2 rings (SSSR count). The number of nitrogens with one attached hydrogen (secondary N) is 2.